The molecule has 1 atom stereocenters. The molecule has 0 bridgehead atoms. The van der Waals surface area contributed by atoms with Gasteiger partial charge >= 0.3 is 0 Å². The first-order valence-corrected chi connectivity index (χ1v) is 11.0. The highest BCUT2D eigenvalue weighted by Gasteiger charge is 2.32. The van der Waals surface area contributed by atoms with Crippen molar-refractivity contribution in [3.8, 4) is 5.75 Å². The molecule has 2 rings (SSSR count). The number of ether oxygens (including phenoxy) is 1. The fourth-order valence-corrected chi connectivity index (χ4v) is 4.40. The lowest BCUT2D eigenvalue weighted by Gasteiger charge is -2.31. The summed E-state index contributed by atoms with van der Waals surface area (Å²) in [6, 6.07) is 12.1. The van der Waals surface area contributed by atoms with E-state index in [1.54, 1.807) is 20.1 Å². The lowest BCUT2D eigenvalue weighted by Crippen LogP contribution is -2.49. The van der Waals surface area contributed by atoms with Crippen molar-refractivity contribution in [2.24, 2.45) is 0 Å². The highest BCUT2D eigenvalue weighted by Crippen LogP contribution is 2.27. The third-order valence-corrected chi connectivity index (χ3v) is 5.74. The number of aryl methyl sites for hydroxylation is 2. The zero-order valence-corrected chi connectivity index (χ0v) is 17.8. The molecule has 1 N–H and O–H groups in total. The number of hydrogen-bond acceptors (Lipinski definition) is 4. The van der Waals surface area contributed by atoms with Crippen LogP contribution in [-0.4, -0.2) is 33.7 Å². The number of sulfonamides is 1. The minimum atomic E-state index is -3.66. The topological polar surface area (TPSA) is 75.7 Å². The molecular formula is C21H28N2O4S. The minimum absolute atomic E-state index is 0.254. The van der Waals surface area contributed by atoms with Gasteiger partial charge in [0, 0.05) is 12.1 Å². The number of methoxy groups -OCH3 is 1. The Kier molecular flexibility index (Phi) is 7.07. The molecule has 1 unspecified atom stereocenters. The van der Waals surface area contributed by atoms with Crippen molar-refractivity contribution in [3.63, 3.8) is 0 Å². The van der Waals surface area contributed by atoms with Crippen LogP contribution >= 0.6 is 0 Å². The Balaban J connectivity index is 2.33. The van der Waals surface area contributed by atoms with Crippen LogP contribution in [0.4, 0.5) is 5.69 Å². The quantitative estimate of drug-likeness (QED) is 0.733. The van der Waals surface area contributed by atoms with E-state index in [4.69, 9.17) is 4.74 Å². The van der Waals surface area contributed by atoms with Crippen LogP contribution in [0.5, 0.6) is 5.75 Å². The summed E-state index contributed by atoms with van der Waals surface area (Å²) >= 11 is 0. The maximum absolute atomic E-state index is 12.9. The number of rotatable bonds is 8. The summed E-state index contributed by atoms with van der Waals surface area (Å²) in [5, 5.41) is 2.86. The Labute approximate surface area is 167 Å². The molecule has 0 saturated heterocycles. The van der Waals surface area contributed by atoms with Crippen LogP contribution in [0.15, 0.2) is 42.5 Å². The maximum atomic E-state index is 12.9. The molecule has 0 heterocycles. The molecular weight excluding hydrogens is 376 g/mol. The van der Waals surface area contributed by atoms with Gasteiger partial charge in [-0.15, -0.1) is 0 Å². The molecule has 0 aliphatic heterocycles. The van der Waals surface area contributed by atoms with Gasteiger partial charge in [-0.2, -0.15) is 0 Å². The van der Waals surface area contributed by atoms with E-state index in [0.29, 0.717) is 17.9 Å². The fraction of sp³-hybridized carbons (Fsp3) is 0.381. The molecule has 0 aliphatic carbocycles. The zero-order chi connectivity index (χ0) is 20.9. The standard InChI is InChI=1S/C21H28N2O4S/c1-6-18(21(24)22-14-17-9-7-8-10-20(17)27-4)23(28(5,25)26)19-13-15(2)11-12-16(19)3/h7-13,18H,6,14H2,1-5H3,(H,22,24). The van der Waals surface area contributed by atoms with Gasteiger partial charge in [-0.3, -0.25) is 9.10 Å². The SMILES string of the molecule is CCC(C(=O)NCc1ccccc1OC)N(c1cc(C)ccc1C)S(C)(=O)=O. The summed E-state index contributed by atoms with van der Waals surface area (Å²) in [5.74, 6) is 0.324. The van der Waals surface area contributed by atoms with Crippen LogP contribution in [0.2, 0.25) is 0 Å². The van der Waals surface area contributed by atoms with Gasteiger partial charge in [0.1, 0.15) is 11.8 Å². The number of carbonyl (C=O) groups is 1. The van der Waals surface area contributed by atoms with Crippen LogP contribution in [0, 0.1) is 13.8 Å². The third-order valence-electron chi connectivity index (χ3n) is 4.58. The first-order valence-electron chi connectivity index (χ1n) is 9.15. The summed E-state index contributed by atoms with van der Waals surface area (Å²) in [4.78, 5) is 12.9. The Morgan fingerprint density at radius 1 is 1.18 bits per heavy atom. The van der Waals surface area contributed by atoms with E-state index in [1.165, 1.54) is 4.31 Å². The first-order chi connectivity index (χ1) is 13.2. The van der Waals surface area contributed by atoms with Gasteiger partial charge in [-0.05, 0) is 43.5 Å². The van der Waals surface area contributed by atoms with E-state index in [9.17, 15) is 13.2 Å². The number of amides is 1. The van der Waals surface area contributed by atoms with Gasteiger partial charge in [0.25, 0.3) is 0 Å². The second kappa shape index (κ2) is 9.10. The number of benzene rings is 2. The second-order valence-electron chi connectivity index (χ2n) is 6.80. The smallest absolute Gasteiger partial charge is 0.244 e. The predicted molar refractivity (Wildman–Crippen MR) is 112 cm³/mol. The second-order valence-corrected chi connectivity index (χ2v) is 8.66. The fourth-order valence-electron chi connectivity index (χ4n) is 3.14. The normalized spacial score (nSPS) is 12.3. The van der Waals surface area contributed by atoms with Gasteiger partial charge in [0.2, 0.25) is 15.9 Å². The van der Waals surface area contributed by atoms with E-state index in [2.05, 4.69) is 5.32 Å². The molecule has 1 amide bonds. The zero-order valence-electron chi connectivity index (χ0n) is 17.0. The van der Waals surface area contributed by atoms with Crippen molar-refractivity contribution in [2.45, 2.75) is 39.8 Å². The van der Waals surface area contributed by atoms with Crippen molar-refractivity contribution in [1.82, 2.24) is 5.32 Å². The van der Waals surface area contributed by atoms with E-state index >= 15 is 0 Å². The summed E-state index contributed by atoms with van der Waals surface area (Å²) in [5.41, 5.74) is 3.08. The molecule has 2 aromatic carbocycles. The maximum Gasteiger partial charge on any atom is 0.244 e. The molecule has 6 nitrogen and oxygen atoms in total. The van der Waals surface area contributed by atoms with Crippen molar-refractivity contribution in [3.05, 3.63) is 59.2 Å². The predicted octanol–water partition coefficient (Wildman–Crippen LogP) is 3.17. The Morgan fingerprint density at radius 3 is 2.46 bits per heavy atom. The number of nitrogens with one attached hydrogen (secondary N) is 1. The molecule has 0 aliphatic rings. The highest BCUT2D eigenvalue weighted by molar-refractivity contribution is 7.92. The van der Waals surface area contributed by atoms with Gasteiger partial charge in [-0.25, -0.2) is 8.42 Å². The molecule has 0 spiro atoms. The summed E-state index contributed by atoms with van der Waals surface area (Å²) in [7, 11) is -2.09. The molecule has 152 valence electrons. The Morgan fingerprint density at radius 2 is 1.86 bits per heavy atom. The third kappa shape index (κ3) is 5.04. The molecule has 2 aromatic rings. The van der Waals surface area contributed by atoms with Crippen LogP contribution in [0.1, 0.15) is 30.0 Å². The van der Waals surface area contributed by atoms with Gasteiger partial charge in [0.05, 0.1) is 19.1 Å². The largest absolute Gasteiger partial charge is 0.496 e. The van der Waals surface area contributed by atoms with Gasteiger partial charge in [0.15, 0.2) is 0 Å². The first kappa shape index (κ1) is 21.8. The van der Waals surface area contributed by atoms with Crippen LogP contribution in [-0.2, 0) is 21.4 Å². The van der Waals surface area contributed by atoms with Crippen molar-refractivity contribution >= 4 is 21.6 Å². The number of anilines is 1. The van der Waals surface area contributed by atoms with Crippen molar-refractivity contribution in [1.29, 1.82) is 0 Å². The van der Waals surface area contributed by atoms with Gasteiger partial charge in [-0.1, -0.05) is 37.3 Å². The Bertz CT molecular complexity index is 941. The summed E-state index contributed by atoms with van der Waals surface area (Å²) in [6.07, 6.45) is 1.48. The minimum Gasteiger partial charge on any atom is -0.496 e. The molecule has 28 heavy (non-hydrogen) atoms. The average Bonchev–Trinajstić information content (AvgIpc) is 2.65. The molecule has 0 aromatic heterocycles. The van der Waals surface area contributed by atoms with Gasteiger partial charge < -0.3 is 10.1 Å². The number of nitrogens with zero attached hydrogens (tertiary/aromatic N) is 1. The number of hydrogen-bond donors (Lipinski definition) is 1. The number of carbonyl (C=O) groups excluding carboxylic acids is 1. The lowest BCUT2D eigenvalue weighted by atomic mass is 10.1. The van der Waals surface area contributed by atoms with Crippen molar-refractivity contribution < 1.29 is 17.9 Å². The van der Waals surface area contributed by atoms with E-state index in [-0.39, 0.29) is 12.5 Å². The van der Waals surface area contributed by atoms with Crippen LogP contribution in [0.25, 0.3) is 0 Å². The highest BCUT2D eigenvalue weighted by atomic mass is 32.2. The lowest BCUT2D eigenvalue weighted by molar-refractivity contribution is -0.122. The molecule has 0 saturated carbocycles. The number of para-hydroxylation sites is 1. The van der Waals surface area contributed by atoms with E-state index in [1.807, 2.05) is 50.2 Å². The Hall–Kier alpha value is -2.54. The van der Waals surface area contributed by atoms with Crippen molar-refractivity contribution in [2.75, 3.05) is 17.7 Å². The molecule has 7 heteroatoms. The molecule has 0 fully saturated rings. The van der Waals surface area contributed by atoms with E-state index in [0.717, 1.165) is 22.9 Å². The van der Waals surface area contributed by atoms with Crippen LogP contribution < -0.4 is 14.4 Å². The summed E-state index contributed by atoms with van der Waals surface area (Å²) in [6.45, 7) is 5.79. The summed E-state index contributed by atoms with van der Waals surface area (Å²) < 4.78 is 31.7. The monoisotopic (exact) mass is 404 g/mol. The molecule has 0 radical (unpaired) electrons. The average molecular weight is 405 g/mol. The van der Waals surface area contributed by atoms with Crippen LogP contribution in [0.3, 0.4) is 0 Å². The van der Waals surface area contributed by atoms with E-state index < -0.39 is 16.1 Å².